The summed E-state index contributed by atoms with van der Waals surface area (Å²) in [5.41, 5.74) is 0.894. The predicted molar refractivity (Wildman–Crippen MR) is 44.8 cm³/mol. The zero-order valence-electron chi connectivity index (χ0n) is 6.50. The standard InChI is InChI=1S/C8H9NOS/c1-5-7-6(3-4-11-7)8(10)9(5)2/h3-5H,1-2H3. The fourth-order valence-corrected chi connectivity index (χ4v) is 2.35. The van der Waals surface area contributed by atoms with E-state index >= 15 is 0 Å². The lowest BCUT2D eigenvalue weighted by atomic mass is 10.2. The van der Waals surface area contributed by atoms with Gasteiger partial charge in [0.05, 0.1) is 11.6 Å². The van der Waals surface area contributed by atoms with E-state index < -0.39 is 0 Å². The first-order valence-electron chi connectivity index (χ1n) is 3.56. The van der Waals surface area contributed by atoms with Gasteiger partial charge in [0.2, 0.25) is 0 Å². The Hall–Kier alpha value is -0.830. The topological polar surface area (TPSA) is 20.3 Å². The first-order valence-corrected chi connectivity index (χ1v) is 4.44. The van der Waals surface area contributed by atoms with Crippen LogP contribution in [0, 0.1) is 0 Å². The molecule has 1 aromatic rings. The Morgan fingerprint density at radius 2 is 2.36 bits per heavy atom. The molecule has 2 rings (SSSR count). The van der Waals surface area contributed by atoms with Crippen LogP contribution in [0.2, 0.25) is 0 Å². The highest BCUT2D eigenvalue weighted by molar-refractivity contribution is 7.10. The summed E-state index contributed by atoms with van der Waals surface area (Å²) >= 11 is 1.67. The van der Waals surface area contributed by atoms with Gasteiger partial charge < -0.3 is 4.90 Å². The molecule has 1 amide bonds. The maximum atomic E-state index is 11.4. The van der Waals surface area contributed by atoms with Gasteiger partial charge in [0.15, 0.2) is 0 Å². The monoisotopic (exact) mass is 167 g/mol. The summed E-state index contributed by atoms with van der Waals surface area (Å²) in [6.45, 7) is 2.06. The SMILES string of the molecule is CC1c2sccc2C(=O)N1C. The fraction of sp³-hybridized carbons (Fsp3) is 0.375. The Bertz CT molecular complexity index is 305. The van der Waals surface area contributed by atoms with E-state index in [9.17, 15) is 4.79 Å². The predicted octanol–water partition coefficient (Wildman–Crippen LogP) is 1.89. The maximum Gasteiger partial charge on any atom is 0.255 e. The molecule has 1 unspecified atom stereocenters. The van der Waals surface area contributed by atoms with E-state index in [-0.39, 0.29) is 11.9 Å². The van der Waals surface area contributed by atoms with Crippen LogP contribution in [-0.4, -0.2) is 17.9 Å². The summed E-state index contributed by atoms with van der Waals surface area (Å²) in [4.78, 5) is 14.4. The molecular formula is C8H9NOS. The second-order valence-electron chi connectivity index (χ2n) is 2.79. The number of hydrogen-bond acceptors (Lipinski definition) is 2. The van der Waals surface area contributed by atoms with Crippen molar-refractivity contribution in [2.75, 3.05) is 7.05 Å². The van der Waals surface area contributed by atoms with Crippen molar-refractivity contribution in [1.82, 2.24) is 4.90 Å². The third kappa shape index (κ3) is 0.744. The molecule has 1 atom stereocenters. The van der Waals surface area contributed by atoms with Crippen molar-refractivity contribution >= 4 is 17.2 Å². The molecule has 58 valence electrons. The Balaban J connectivity index is 2.56. The van der Waals surface area contributed by atoms with Crippen LogP contribution in [0.15, 0.2) is 11.4 Å². The minimum Gasteiger partial charge on any atom is -0.334 e. The molecule has 0 aliphatic carbocycles. The Labute approximate surface area is 69.4 Å². The molecule has 2 heterocycles. The maximum absolute atomic E-state index is 11.4. The number of carbonyl (C=O) groups is 1. The first kappa shape index (κ1) is 6.85. The lowest BCUT2D eigenvalue weighted by Gasteiger charge is -2.14. The molecule has 0 N–H and O–H groups in total. The van der Waals surface area contributed by atoms with Crippen molar-refractivity contribution in [3.05, 3.63) is 21.9 Å². The number of amides is 1. The van der Waals surface area contributed by atoms with Gasteiger partial charge in [0.1, 0.15) is 0 Å². The number of carbonyl (C=O) groups excluding carboxylic acids is 1. The number of thiophene rings is 1. The van der Waals surface area contributed by atoms with E-state index in [1.165, 1.54) is 4.88 Å². The summed E-state index contributed by atoms with van der Waals surface area (Å²) in [6, 6.07) is 2.18. The molecule has 0 spiro atoms. The molecule has 1 aromatic heterocycles. The molecule has 2 nitrogen and oxygen atoms in total. The van der Waals surface area contributed by atoms with Crippen LogP contribution in [0.3, 0.4) is 0 Å². The van der Waals surface area contributed by atoms with E-state index in [4.69, 9.17) is 0 Å². The highest BCUT2D eigenvalue weighted by Crippen LogP contribution is 2.35. The van der Waals surface area contributed by atoms with Crippen LogP contribution in [0.1, 0.15) is 28.2 Å². The number of rotatable bonds is 0. The van der Waals surface area contributed by atoms with Crippen LogP contribution in [-0.2, 0) is 0 Å². The van der Waals surface area contributed by atoms with E-state index in [2.05, 4.69) is 6.92 Å². The van der Waals surface area contributed by atoms with Gasteiger partial charge in [0.25, 0.3) is 5.91 Å². The second kappa shape index (κ2) is 2.08. The minimum absolute atomic E-state index is 0.161. The lowest BCUT2D eigenvalue weighted by molar-refractivity contribution is 0.0784. The molecule has 0 bridgehead atoms. The van der Waals surface area contributed by atoms with Gasteiger partial charge in [0, 0.05) is 11.9 Å². The molecule has 0 saturated carbocycles. The average molecular weight is 167 g/mol. The lowest BCUT2D eigenvalue weighted by Crippen LogP contribution is -2.20. The highest BCUT2D eigenvalue weighted by Gasteiger charge is 2.31. The number of hydrogen-bond donors (Lipinski definition) is 0. The Kier molecular flexibility index (Phi) is 1.29. The normalized spacial score (nSPS) is 22.5. The summed E-state index contributed by atoms with van der Waals surface area (Å²) in [5.74, 6) is 0.161. The van der Waals surface area contributed by atoms with Gasteiger partial charge in [-0.15, -0.1) is 11.3 Å². The third-order valence-electron chi connectivity index (χ3n) is 2.21. The van der Waals surface area contributed by atoms with Gasteiger partial charge in [-0.1, -0.05) is 0 Å². The zero-order chi connectivity index (χ0) is 8.01. The molecule has 1 aliphatic rings. The fourth-order valence-electron chi connectivity index (χ4n) is 1.36. The number of nitrogens with zero attached hydrogens (tertiary/aromatic N) is 1. The van der Waals surface area contributed by atoms with Crippen molar-refractivity contribution in [3.63, 3.8) is 0 Å². The van der Waals surface area contributed by atoms with Gasteiger partial charge in [-0.3, -0.25) is 4.79 Å². The van der Waals surface area contributed by atoms with Gasteiger partial charge >= 0.3 is 0 Å². The third-order valence-corrected chi connectivity index (χ3v) is 3.29. The van der Waals surface area contributed by atoms with Gasteiger partial charge in [-0.05, 0) is 18.4 Å². The summed E-state index contributed by atoms with van der Waals surface area (Å²) in [6.07, 6.45) is 0. The highest BCUT2D eigenvalue weighted by atomic mass is 32.1. The van der Waals surface area contributed by atoms with Crippen molar-refractivity contribution < 1.29 is 4.79 Å². The molecule has 11 heavy (non-hydrogen) atoms. The quantitative estimate of drug-likeness (QED) is 0.578. The first-order chi connectivity index (χ1) is 5.22. The van der Waals surface area contributed by atoms with Crippen molar-refractivity contribution in [3.8, 4) is 0 Å². The smallest absolute Gasteiger partial charge is 0.255 e. The number of fused-ring (bicyclic) bond motifs is 1. The summed E-state index contributed by atoms with van der Waals surface area (Å²) in [5, 5.41) is 1.98. The van der Waals surface area contributed by atoms with Crippen LogP contribution in [0.5, 0.6) is 0 Å². The molecule has 0 aromatic carbocycles. The van der Waals surface area contributed by atoms with Crippen molar-refractivity contribution in [2.24, 2.45) is 0 Å². The Morgan fingerprint density at radius 3 is 3.00 bits per heavy atom. The zero-order valence-corrected chi connectivity index (χ0v) is 7.31. The van der Waals surface area contributed by atoms with E-state index in [0.29, 0.717) is 0 Å². The van der Waals surface area contributed by atoms with Gasteiger partial charge in [-0.25, -0.2) is 0 Å². The van der Waals surface area contributed by atoms with Crippen LogP contribution >= 0.6 is 11.3 Å². The van der Waals surface area contributed by atoms with Crippen LogP contribution in [0.25, 0.3) is 0 Å². The van der Waals surface area contributed by atoms with E-state index in [1.807, 2.05) is 18.5 Å². The molecule has 0 fully saturated rings. The summed E-state index contributed by atoms with van der Waals surface area (Å²) < 4.78 is 0. The van der Waals surface area contributed by atoms with Crippen molar-refractivity contribution in [1.29, 1.82) is 0 Å². The van der Waals surface area contributed by atoms with Gasteiger partial charge in [-0.2, -0.15) is 0 Å². The Morgan fingerprint density at radius 1 is 1.64 bits per heavy atom. The minimum atomic E-state index is 0.161. The van der Waals surface area contributed by atoms with Crippen molar-refractivity contribution in [2.45, 2.75) is 13.0 Å². The molecule has 3 heteroatoms. The molecule has 0 saturated heterocycles. The second-order valence-corrected chi connectivity index (χ2v) is 3.74. The molecule has 1 aliphatic heterocycles. The molecular weight excluding hydrogens is 158 g/mol. The largest absolute Gasteiger partial charge is 0.334 e. The van der Waals surface area contributed by atoms with E-state index in [1.54, 1.807) is 16.2 Å². The summed E-state index contributed by atoms with van der Waals surface area (Å²) in [7, 11) is 1.85. The van der Waals surface area contributed by atoms with Crippen LogP contribution in [0.4, 0.5) is 0 Å². The van der Waals surface area contributed by atoms with Crippen LogP contribution < -0.4 is 0 Å². The van der Waals surface area contributed by atoms with E-state index in [0.717, 1.165) is 5.56 Å². The molecule has 0 radical (unpaired) electrons. The average Bonchev–Trinajstić information content (AvgIpc) is 2.53.